The summed E-state index contributed by atoms with van der Waals surface area (Å²) in [5, 5.41) is 0. The van der Waals surface area contributed by atoms with Crippen molar-refractivity contribution in [1.82, 2.24) is 9.97 Å². The van der Waals surface area contributed by atoms with E-state index in [1.54, 1.807) is 7.11 Å². The molecule has 1 aromatic carbocycles. The molecular weight excluding hydrogens is 224 g/mol. The standard InChI is InChI=1S/C15H18N2O/c1-10(2)13-8-17-14(9-16-13)12-7-5-6-11(3)15(12)18-4/h5-10H,1-4H3. The fourth-order valence-electron chi connectivity index (χ4n) is 1.90. The normalized spacial score (nSPS) is 10.7. The molecule has 0 fully saturated rings. The zero-order valence-corrected chi connectivity index (χ0v) is 11.3. The Bertz CT molecular complexity index is 533. The van der Waals surface area contributed by atoms with Gasteiger partial charge < -0.3 is 4.74 Å². The van der Waals surface area contributed by atoms with Crippen molar-refractivity contribution in [3.05, 3.63) is 41.9 Å². The molecule has 0 atom stereocenters. The highest BCUT2D eigenvalue weighted by Crippen LogP contribution is 2.31. The Morgan fingerprint density at radius 3 is 2.44 bits per heavy atom. The molecule has 18 heavy (non-hydrogen) atoms. The highest BCUT2D eigenvalue weighted by molar-refractivity contribution is 5.68. The quantitative estimate of drug-likeness (QED) is 0.825. The minimum atomic E-state index is 0.394. The molecule has 0 unspecified atom stereocenters. The maximum absolute atomic E-state index is 5.44. The molecule has 0 saturated carbocycles. The van der Waals surface area contributed by atoms with Crippen molar-refractivity contribution in [2.45, 2.75) is 26.7 Å². The summed E-state index contributed by atoms with van der Waals surface area (Å²) in [6.45, 7) is 6.24. The van der Waals surface area contributed by atoms with Gasteiger partial charge in [0.15, 0.2) is 0 Å². The lowest BCUT2D eigenvalue weighted by Gasteiger charge is -2.11. The summed E-state index contributed by atoms with van der Waals surface area (Å²) in [5.74, 6) is 1.26. The van der Waals surface area contributed by atoms with Gasteiger partial charge in [-0.1, -0.05) is 26.0 Å². The second-order valence-corrected chi connectivity index (χ2v) is 4.64. The largest absolute Gasteiger partial charge is 0.496 e. The van der Waals surface area contributed by atoms with Gasteiger partial charge in [-0.25, -0.2) is 0 Å². The molecule has 0 spiro atoms. The second-order valence-electron chi connectivity index (χ2n) is 4.64. The Morgan fingerprint density at radius 1 is 1.11 bits per heavy atom. The molecule has 0 amide bonds. The first-order valence-electron chi connectivity index (χ1n) is 6.09. The Balaban J connectivity index is 2.46. The predicted octanol–water partition coefficient (Wildman–Crippen LogP) is 3.58. The molecule has 2 aromatic rings. The number of methoxy groups -OCH3 is 1. The number of ether oxygens (including phenoxy) is 1. The fraction of sp³-hybridized carbons (Fsp3) is 0.333. The number of benzene rings is 1. The summed E-state index contributed by atoms with van der Waals surface area (Å²) in [4.78, 5) is 8.92. The van der Waals surface area contributed by atoms with Gasteiger partial charge in [0.05, 0.1) is 24.7 Å². The maximum Gasteiger partial charge on any atom is 0.131 e. The summed E-state index contributed by atoms with van der Waals surface area (Å²) in [6, 6.07) is 6.04. The minimum Gasteiger partial charge on any atom is -0.496 e. The van der Waals surface area contributed by atoms with Crippen LogP contribution in [-0.4, -0.2) is 17.1 Å². The highest BCUT2D eigenvalue weighted by atomic mass is 16.5. The van der Waals surface area contributed by atoms with Crippen molar-refractivity contribution in [2.24, 2.45) is 0 Å². The average Bonchev–Trinajstić information content (AvgIpc) is 2.38. The lowest BCUT2D eigenvalue weighted by molar-refractivity contribution is 0.413. The number of aromatic nitrogens is 2. The summed E-state index contributed by atoms with van der Waals surface area (Å²) in [5.41, 5.74) is 3.94. The first-order chi connectivity index (χ1) is 8.63. The number of nitrogens with zero attached hydrogens (tertiary/aromatic N) is 2. The molecule has 1 heterocycles. The minimum absolute atomic E-state index is 0.394. The van der Waals surface area contributed by atoms with Crippen LogP contribution in [0.1, 0.15) is 31.0 Å². The Kier molecular flexibility index (Phi) is 3.60. The van der Waals surface area contributed by atoms with E-state index in [-0.39, 0.29) is 0 Å². The van der Waals surface area contributed by atoms with E-state index in [1.807, 2.05) is 37.5 Å². The van der Waals surface area contributed by atoms with Gasteiger partial charge in [-0.15, -0.1) is 0 Å². The van der Waals surface area contributed by atoms with E-state index in [0.717, 1.165) is 28.3 Å². The van der Waals surface area contributed by atoms with E-state index in [4.69, 9.17) is 4.74 Å². The van der Waals surface area contributed by atoms with Crippen molar-refractivity contribution in [1.29, 1.82) is 0 Å². The Morgan fingerprint density at radius 2 is 1.89 bits per heavy atom. The molecule has 0 aliphatic heterocycles. The third-order valence-corrected chi connectivity index (χ3v) is 2.96. The van der Waals surface area contributed by atoms with Gasteiger partial charge in [0.1, 0.15) is 5.75 Å². The molecule has 0 bridgehead atoms. The topological polar surface area (TPSA) is 35.0 Å². The number of hydrogen-bond acceptors (Lipinski definition) is 3. The molecule has 3 heteroatoms. The molecule has 0 N–H and O–H groups in total. The van der Waals surface area contributed by atoms with E-state index < -0.39 is 0 Å². The molecule has 3 nitrogen and oxygen atoms in total. The average molecular weight is 242 g/mol. The van der Waals surface area contributed by atoms with E-state index in [9.17, 15) is 0 Å². The van der Waals surface area contributed by atoms with Crippen LogP contribution in [0.5, 0.6) is 5.75 Å². The van der Waals surface area contributed by atoms with E-state index in [2.05, 4.69) is 23.8 Å². The van der Waals surface area contributed by atoms with Crippen LogP contribution in [0.25, 0.3) is 11.3 Å². The van der Waals surface area contributed by atoms with Gasteiger partial charge in [0.2, 0.25) is 0 Å². The monoisotopic (exact) mass is 242 g/mol. The number of hydrogen-bond donors (Lipinski definition) is 0. The van der Waals surface area contributed by atoms with Crippen molar-refractivity contribution in [2.75, 3.05) is 7.11 Å². The van der Waals surface area contributed by atoms with Crippen LogP contribution in [0.4, 0.5) is 0 Å². The van der Waals surface area contributed by atoms with Crippen LogP contribution in [0.3, 0.4) is 0 Å². The summed E-state index contributed by atoms with van der Waals surface area (Å²) < 4.78 is 5.44. The maximum atomic E-state index is 5.44. The first-order valence-corrected chi connectivity index (χ1v) is 6.09. The number of aryl methyl sites for hydroxylation is 1. The lowest BCUT2D eigenvalue weighted by Crippen LogP contribution is -1.97. The highest BCUT2D eigenvalue weighted by Gasteiger charge is 2.10. The number of rotatable bonds is 3. The van der Waals surface area contributed by atoms with Crippen LogP contribution < -0.4 is 4.74 Å². The van der Waals surface area contributed by atoms with Gasteiger partial charge in [0.25, 0.3) is 0 Å². The van der Waals surface area contributed by atoms with Gasteiger partial charge in [-0.05, 0) is 24.5 Å². The molecule has 0 radical (unpaired) electrons. The van der Waals surface area contributed by atoms with Crippen molar-refractivity contribution in [3.63, 3.8) is 0 Å². The third kappa shape index (κ3) is 2.35. The number of para-hydroxylation sites is 1. The van der Waals surface area contributed by atoms with Crippen LogP contribution in [-0.2, 0) is 0 Å². The predicted molar refractivity (Wildman–Crippen MR) is 72.8 cm³/mol. The molecule has 0 saturated heterocycles. The van der Waals surface area contributed by atoms with Crippen LogP contribution >= 0.6 is 0 Å². The van der Waals surface area contributed by atoms with Gasteiger partial charge in [-0.2, -0.15) is 0 Å². The van der Waals surface area contributed by atoms with Gasteiger partial charge >= 0.3 is 0 Å². The van der Waals surface area contributed by atoms with Crippen LogP contribution in [0, 0.1) is 6.92 Å². The molecule has 2 rings (SSSR count). The van der Waals surface area contributed by atoms with E-state index >= 15 is 0 Å². The zero-order chi connectivity index (χ0) is 13.1. The smallest absolute Gasteiger partial charge is 0.131 e. The summed E-state index contributed by atoms with van der Waals surface area (Å²) in [7, 11) is 1.68. The van der Waals surface area contributed by atoms with Crippen molar-refractivity contribution in [3.8, 4) is 17.0 Å². The molecule has 94 valence electrons. The summed E-state index contributed by atoms with van der Waals surface area (Å²) >= 11 is 0. The first kappa shape index (κ1) is 12.6. The fourth-order valence-corrected chi connectivity index (χ4v) is 1.90. The third-order valence-electron chi connectivity index (χ3n) is 2.96. The van der Waals surface area contributed by atoms with E-state index in [0.29, 0.717) is 5.92 Å². The molecule has 0 aliphatic rings. The van der Waals surface area contributed by atoms with Crippen LogP contribution in [0.15, 0.2) is 30.6 Å². The second kappa shape index (κ2) is 5.17. The van der Waals surface area contributed by atoms with Gasteiger partial charge in [0, 0.05) is 11.8 Å². The molecular formula is C15H18N2O. The molecule has 0 aliphatic carbocycles. The van der Waals surface area contributed by atoms with Crippen molar-refractivity contribution >= 4 is 0 Å². The summed E-state index contributed by atoms with van der Waals surface area (Å²) in [6.07, 6.45) is 3.65. The molecule has 1 aromatic heterocycles. The Labute approximate surface area is 108 Å². The van der Waals surface area contributed by atoms with Crippen LogP contribution in [0.2, 0.25) is 0 Å². The van der Waals surface area contributed by atoms with E-state index in [1.165, 1.54) is 0 Å². The zero-order valence-electron chi connectivity index (χ0n) is 11.3. The van der Waals surface area contributed by atoms with Crippen molar-refractivity contribution < 1.29 is 4.74 Å². The SMILES string of the molecule is COc1c(C)cccc1-c1cnc(C(C)C)cn1. The lowest BCUT2D eigenvalue weighted by atomic mass is 10.1. The Hall–Kier alpha value is -1.90. The van der Waals surface area contributed by atoms with Gasteiger partial charge in [-0.3, -0.25) is 9.97 Å².